The van der Waals surface area contributed by atoms with Crippen molar-refractivity contribution in [3.8, 4) is 0 Å². The molecule has 1 rings (SSSR count). The Labute approximate surface area is 571 Å². The van der Waals surface area contributed by atoms with Gasteiger partial charge < -0.3 is 47.5 Å². The molecule has 1 aromatic carbocycles. The van der Waals surface area contributed by atoms with Crippen molar-refractivity contribution in [3.63, 3.8) is 0 Å². The minimum absolute atomic E-state index is 0. The van der Waals surface area contributed by atoms with Crippen LogP contribution in [-0.2, 0) is 44.3 Å². The van der Waals surface area contributed by atoms with Gasteiger partial charge in [-0.2, -0.15) is 0 Å². The average molecular weight is 1240 g/mol. The van der Waals surface area contributed by atoms with Crippen LogP contribution in [0, 0.1) is 0 Å². The Kier molecular flexibility index (Phi) is 73.6. The van der Waals surface area contributed by atoms with E-state index in [1.165, 1.54) is 257 Å². The Morgan fingerprint density at radius 1 is 0.318 bits per heavy atom. The van der Waals surface area contributed by atoms with E-state index in [-0.39, 0.29) is 98.3 Å². The molecule has 10 nitrogen and oxygen atoms in total. The summed E-state index contributed by atoms with van der Waals surface area (Å²) in [7, 11) is -5.36. The fourth-order valence-corrected chi connectivity index (χ4v) is 12.0. The minimum Gasteiger partial charge on any atom is -0.809 e. The molecule has 13 heteroatoms. The van der Waals surface area contributed by atoms with Crippen LogP contribution in [0.15, 0.2) is 30.3 Å². The molecule has 0 aromatic heterocycles. The van der Waals surface area contributed by atoms with Crippen molar-refractivity contribution in [1.82, 2.24) is 0 Å². The van der Waals surface area contributed by atoms with Crippen molar-refractivity contribution < 1.29 is 107 Å². The molecule has 0 bridgehead atoms. The van der Waals surface area contributed by atoms with Gasteiger partial charge in [-0.3, -0.25) is 0 Å². The van der Waals surface area contributed by atoms with Gasteiger partial charge in [0.2, 0.25) is 0 Å². The van der Waals surface area contributed by atoms with Gasteiger partial charge in [-0.25, -0.2) is 0 Å². The van der Waals surface area contributed by atoms with E-state index in [9.17, 15) is 14.4 Å². The number of hydrogen-bond donors (Lipinski definition) is 0. The monoisotopic (exact) mass is 1240 g/mol. The zero-order valence-corrected chi connectivity index (χ0v) is 62.1. The standard InChI is InChI=1S/C72H139O10P.2Na/c1-5-9-13-17-21-25-29-33-37-41-45-52-58-76-63-69(79-60-54-47-43-39-35-31-27-23-19-15-11-7-3)65-78-67-71(81-62-68-56-50-49-51-57-68)72(83(73,74)75)82-66-70(80-61-55-48-44-40-36-32-28-24-20-16-12-8-4)64-77-59-53-46-42-38-34-30-26-22-18-14-10-6-2;;/h49-51,56-57,69-72H,5-48,52-55,58-67H2,1-4H3,(H2,73,74,75);;/q;2*+1/p-2/t69-,70-,71?,72?;;/m1../s1. The molecule has 492 valence electrons. The predicted octanol–water partition coefficient (Wildman–Crippen LogP) is 14.5. The molecule has 0 saturated heterocycles. The first-order valence-corrected chi connectivity index (χ1v) is 37.7. The molecule has 0 spiro atoms. The van der Waals surface area contributed by atoms with Gasteiger partial charge in [-0.1, -0.05) is 341 Å². The minimum atomic E-state index is -5.36. The van der Waals surface area contributed by atoms with Gasteiger partial charge >= 0.3 is 59.1 Å². The van der Waals surface area contributed by atoms with Crippen LogP contribution in [0.4, 0.5) is 0 Å². The Hall–Kier alpha value is 1.09. The van der Waals surface area contributed by atoms with E-state index in [1.807, 2.05) is 30.3 Å². The van der Waals surface area contributed by atoms with E-state index in [1.54, 1.807) is 0 Å². The molecule has 1 aromatic rings. The summed E-state index contributed by atoms with van der Waals surface area (Å²) in [6.45, 7) is 12.1. The molecule has 4 atom stereocenters. The SMILES string of the molecule is CCCCCCCCCCCCCCOC[C@H](COCC(OCc1ccccc1)C(OC[C@@H](COCCCCCCCCCCCCCC)OCCCCCCCCCCCCCC)P(=O)([O-])[O-])OCCCCCCCCCCCCCC.[Na+].[Na+]. The molecule has 0 aliphatic heterocycles. The maximum absolute atomic E-state index is 13.3. The van der Waals surface area contributed by atoms with Gasteiger partial charge in [0.15, 0.2) is 0 Å². The first kappa shape index (κ1) is 88.1. The predicted molar refractivity (Wildman–Crippen MR) is 349 cm³/mol. The molecule has 0 fully saturated rings. The summed E-state index contributed by atoms with van der Waals surface area (Å²) in [5, 5.41) is 0. The Bertz CT molecular complexity index is 1450. The van der Waals surface area contributed by atoms with Crippen LogP contribution in [-0.4, -0.2) is 83.6 Å². The van der Waals surface area contributed by atoms with Crippen LogP contribution in [0.3, 0.4) is 0 Å². The molecule has 0 amide bonds. The van der Waals surface area contributed by atoms with Crippen molar-refractivity contribution in [1.29, 1.82) is 0 Å². The van der Waals surface area contributed by atoms with Crippen molar-refractivity contribution in [2.24, 2.45) is 0 Å². The summed E-state index contributed by atoms with van der Waals surface area (Å²) >= 11 is 0. The summed E-state index contributed by atoms with van der Waals surface area (Å²) < 4.78 is 57.3. The van der Waals surface area contributed by atoms with E-state index in [0.717, 1.165) is 56.9 Å². The normalized spacial score (nSPS) is 13.2. The molecular formula is C72H137Na2O10P. The maximum atomic E-state index is 13.3. The fraction of sp³-hybridized carbons (Fsp3) is 0.917. The molecule has 0 N–H and O–H groups in total. The van der Waals surface area contributed by atoms with Gasteiger partial charge in [0.05, 0.1) is 39.6 Å². The molecule has 0 aliphatic rings. The molecule has 85 heavy (non-hydrogen) atoms. The van der Waals surface area contributed by atoms with Crippen LogP contribution in [0.5, 0.6) is 0 Å². The fourth-order valence-electron chi connectivity index (χ4n) is 11.1. The summed E-state index contributed by atoms with van der Waals surface area (Å²) in [6, 6.07) is 9.59. The zero-order chi connectivity index (χ0) is 59.9. The topological polar surface area (TPSA) is 128 Å². The van der Waals surface area contributed by atoms with E-state index in [2.05, 4.69) is 27.7 Å². The molecule has 0 aliphatic carbocycles. The first-order chi connectivity index (χ1) is 40.8. The van der Waals surface area contributed by atoms with Crippen molar-refractivity contribution in [2.45, 2.75) is 367 Å². The quantitative estimate of drug-likeness (QED) is 0.0353. The average Bonchev–Trinajstić information content (AvgIpc) is 3.68. The summed E-state index contributed by atoms with van der Waals surface area (Å²) in [5.74, 6) is -1.79. The van der Waals surface area contributed by atoms with Gasteiger partial charge in [-0.15, -0.1) is 0 Å². The van der Waals surface area contributed by atoms with Gasteiger partial charge in [0, 0.05) is 26.4 Å². The molecular weight excluding hydrogens is 1100 g/mol. The zero-order valence-electron chi connectivity index (χ0n) is 57.2. The molecule has 0 radical (unpaired) electrons. The number of hydrogen-bond acceptors (Lipinski definition) is 10. The molecule has 2 unspecified atom stereocenters. The van der Waals surface area contributed by atoms with E-state index >= 15 is 0 Å². The second kappa shape index (κ2) is 70.9. The smallest absolute Gasteiger partial charge is 0.809 e. The molecule has 0 saturated carbocycles. The largest absolute Gasteiger partial charge is 1.00 e. The van der Waals surface area contributed by atoms with Crippen molar-refractivity contribution >= 4 is 7.60 Å². The van der Waals surface area contributed by atoms with E-state index in [0.29, 0.717) is 33.0 Å². The van der Waals surface area contributed by atoms with Crippen LogP contribution in [0.25, 0.3) is 0 Å². The van der Waals surface area contributed by atoms with Crippen LogP contribution in [0.1, 0.15) is 341 Å². The Balaban J connectivity index is 0. The van der Waals surface area contributed by atoms with Crippen molar-refractivity contribution in [3.05, 3.63) is 35.9 Å². The van der Waals surface area contributed by atoms with Gasteiger partial charge in [-0.05, 0) is 38.8 Å². The van der Waals surface area contributed by atoms with Crippen LogP contribution >= 0.6 is 7.60 Å². The number of rotatable bonds is 70. The molecule has 0 heterocycles. The second-order valence-corrected chi connectivity index (χ2v) is 26.4. The van der Waals surface area contributed by atoms with Crippen LogP contribution < -0.4 is 68.9 Å². The Morgan fingerprint density at radius 2 is 0.588 bits per heavy atom. The van der Waals surface area contributed by atoms with E-state index in [4.69, 9.17) is 33.2 Å². The summed E-state index contributed by atoms with van der Waals surface area (Å²) in [5.41, 5.74) is 0.854. The number of unbranched alkanes of at least 4 members (excludes halogenated alkanes) is 44. The summed E-state index contributed by atoms with van der Waals surface area (Å²) in [6.07, 6.45) is 59.1. The number of benzene rings is 1. The van der Waals surface area contributed by atoms with Gasteiger partial charge in [0.25, 0.3) is 0 Å². The third-order valence-electron chi connectivity index (χ3n) is 16.6. The second-order valence-electron chi connectivity index (χ2n) is 24.8. The summed E-state index contributed by atoms with van der Waals surface area (Å²) in [4.78, 5) is 26.6. The third-order valence-corrected chi connectivity index (χ3v) is 17.7. The Morgan fingerprint density at radius 3 is 0.894 bits per heavy atom. The first-order valence-electron chi connectivity index (χ1n) is 36.1. The number of ether oxygens (including phenoxy) is 7. The van der Waals surface area contributed by atoms with E-state index < -0.39 is 25.6 Å². The maximum Gasteiger partial charge on any atom is 1.00 e. The van der Waals surface area contributed by atoms with Crippen molar-refractivity contribution in [2.75, 3.05) is 59.5 Å². The van der Waals surface area contributed by atoms with Gasteiger partial charge in [0.1, 0.15) is 24.2 Å². The van der Waals surface area contributed by atoms with Crippen LogP contribution in [0.2, 0.25) is 0 Å². The third kappa shape index (κ3) is 62.3.